The van der Waals surface area contributed by atoms with E-state index in [1.165, 1.54) is 35.5 Å². The summed E-state index contributed by atoms with van der Waals surface area (Å²) in [7, 11) is 2.21. The maximum absolute atomic E-state index is 6.16. The molecule has 6 rings (SSSR count). The molecule has 7 heteroatoms. The molecular weight excluding hydrogens is 582 g/mol. The van der Waals surface area contributed by atoms with E-state index in [1.807, 2.05) is 0 Å². The smallest absolute Gasteiger partial charge is 0.119 e. The van der Waals surface area contributed by atoms with E-state index in [0.717, 1.165) is 115 Å². The molecule has 0 spiro atoms. The first kappa shape index (κ1) is 33.6. The van der Waals surface area contributed by atoms with Crippen LogP contribution in [0, 0.1) is 18.8 Å². The second-order valence-electron chi connectivity index (χ2n) is 14.2. The summed E-state index contributed by atoms with van der Waals surface area (Å²) in [6, 6.07) is 26.5. The van der Waals surface area contributed by atoms with Gasteiger partial charge in [-0.15, -0.1) is 0 Å². The summed E-state index contributed by atoms with van der Waals surface area (Å²) in [5.41, 5.74) is 5.40. The number of piperazine rings is 2. The Morgan fingerprint density at radius 3 is 1.83 bits per heavy atom. The molecule has 3 aromatic carbocycles. The molecule has 0 saturated carbocycles. The van der Waals surface area contributed by atoms with Crippen molar-refractivity contribution in [2.45, 2.75) is 33.1 Å². The zero-order valence-corrected chi connectivity index (χ0v) is 29.2. The van der Waals surface area contributed by atoms with Gasteiger partial charge in [0.2, 0.25) is 0 Å². The molecule has 0 radical (unpaired) electrons. The van der Waals surface area contributed by atoms with Crippen LogP contribution in [0.3, 0.4) is 0 Å². The Bertz CT molecular complexity index is 1330. The van der Waals surface area contributed by atoms with Gasteiger partial charge in [-0.25, -0.2) is 0 Å². The van der Waals surface area contributed by atoms with Crippen LogP contribution in [0.5, 0.6) is 11.5 Å². The molecule has 47 heavy (non-hydrogen) atoms. The minimum Gasteiger partial charge on any atom is -0.494 e. The number of nitrogens with zero attached hydrogens (tertiary/aromatic N) is 5. The van der Waals surface area contributed by atoms with Crippen LogP contribution >= 0.6 is 0 Å². The van der Waals surface area contributed by atoms with E-state index in [9.17, 15) is 0 Å². The number of benzene rings is 3. The van der Waals surface area contributed by atoms with Crippen LogP contribution in [0.15, 0.2) is 72.8 Å². The quantitative estimate of drug-likeness (QED) is 0.215. The van der Waals surface area contributed by atoms with Gasteiger partial charge in [0.05, 0.1) is 6.61 Å². The second-order valence-corrected chi connectivity index (χ2v) is 14.2. The molecule has 0 amide bonds. The highest BCUT2D eigenvalue weighted by molar-refractivity contribution is 5.57. The Hall–Kier alpha value is -3.26. The SMILES string of the molecule is Cc1ccc(OCCN2CC[C@@H](C)C(Cc3ccc(OCCCN4CCN(c5ccc(N6CCN(C)CC6)cc5)CC4)cc3)C2)cc1. The van der Waals surface area contributed by atoms with Crippen molar-refractivity contribution in [2.75, 3.05) is 109 Å². The van der Waals surface area contributed by atoms with Gasteiger partial charge in [0.15, 0.2) is 0 Å². The molecule has 3 aliphatic rings. The highest BCUT2D eigenvalue weighted by Gasteiger charge is 2.26. The fourth-order valence-electron chi connectivity index (χ4n) is 7.29. The van der Waals surface area contributed by atoms with E-state index in [-0.39, 0.29) is 0 Å². The summed E-state index contributed by atoms with van der Waals surface area (Å²) in [6.45, 7) is 19.4. The third kappa shape index (κ3) is 9.88. The number of likely N-dealkylation sites (tertiary alicyclic amines) is 1. The van der Waals surface area contributed by atoms with Crippen molar-refractivity contribution in [1.82, 2.24) is 14.7 Å². The lowest BCUT2D eigenvalue weighted by atomic mass is 9.83. The molecule has 0 N–H and O–H groups in total. The van der Waals surface area contributed by atoms with Crippen LogP contribution in [0.25, 0.3) is 0 Å². The molecule has 7 nitrogen and oxygen atoms in total. The maximum Gasteiger partial charge on any atom is 0.119 e. The molecule has 3 heterocycles. The highest BCUT2D eigenvalue weighted by atomic mass is 16.5. The molecule has 0 bridgehead atoms. The van der Waals surface area contributed by atoms with E-state index < -0.39 is 0 Å². The molecule has 3 fully saturated rings. The Morgan fingerprint density at radius 2 is 1.19 bits per heavy atom. The maximum atomic E-state index is 6.16. The Morgan fingerprint density at radius 1 is 0.617 bits per heavy atom. The molecule has 0 aliphatic carbocycles. The van der Waals surface area contributed by atoms with Crippen LogP contribution in [-0.4, -0.2) is 113 Å². The minimum atomic E-state index is 0.678. The Kier molecular flexibility index (Phi) is 12.0. The third-order valence-corrected chi connectivity index (χ3v) is 10.7. The monoisotopic (exact) mass is 639 g/mol. The van der Waals surface area contributed by atoms with Gasteiger partial charge in [-0.2, -0.15) is 0 Å². The predicted molar refractivity (Wildman–Crippen MR) is 195 cm³/mol. The topological polar surface area (TPSA) is 34.7 Å². The number of hydrogen-bond donors (Lipinski definition) is 0. The van der Waals surface area contributed by atoms with E-state index in [1.54, 1.807) is 0 Å². The molecule has 3 saturated heterocycles. The molecule has 1 unspecified atom stereocenters. The molecule has 3 aromatic rings. The van der Waals surface area contributed by atoms with Crippen LogP contribution in [-0.2, 0) is 6.42 Å². The molecule has 0 aromatic heterocycles. The fraction of sp³-hybridized carbons (Fsp3) is 0.550. The van der Waals surface area contributed by atoms with Gasteiger partial charge < -0.3 is 24.2 Å². The van der Waals surface area contributed by atoms with Gasteiger partial charge in [0.1, 0.15) is 18.1 Å². The number of ether oxygens (including phenoxy) is 2. The van der Waals surface area contributed by atoms with Crippen molar-refractivity contribution in [3.05, 3.63) is 83.9 Å². The van der Waals surface area contributed by atoms with Crippen molar-refractivity contribution in [3.63, 3.8) is 0 Å². The predicted octanol–water partition coefficient (Wildman–Crippen LogP) is 5.92. The minimum absolute atomic E-state index is 0.678. The summed E-state index contributed by atoms with van der Waals surface area (Å²) in [4.78, 5) is 12.6. The first-order valence-electron chi connectivity index (χ1n) is 18.1. The normalized spacial score (nSPS) is 21.6. The standard InChI is InChI=1S/C40H57N5O2/c1-33-5-13-39(14-6-33)47-30-28-43-19-17-34(2)36(32-43)31-35-7-15-40(16-8-35)46-29-4-18-42-22-26-45(27-23-42)38-11-9-37(10-12-38)44-24-20-41(3)21-25-44/h5-16,34,36H,4,17-32H2,1-3H3/t34-,36?/m1/s1. The van der Waals surface area contributed by atoms with Crippen molar-refractivity contribution >= 4 is 11.4 Å². The van der Waals surface area contributed by atoms with Gasteiger partial charge >= 0.3 is 0 Å². The fourth-order valence-corrected chi connectivity index (χ4v) is 7.29. The average Bonchev–Trinajstić information content (AvgIpc) is 3.10. The van der Waals surface area contributed by atoms with Crippen LogP contribution in [0.4, 0.5) is 11.4 Å². The largest absolute Gasteiger partial charge is 0.494 e. The number of piperidine rings is 1. The Balaban J connectivity index is 0.854. The van der Waals surface area contributed by atoms with E-state index in [0.29, 0.717) is 5.92 Å². The average molecular weight is 640 g/mol. The zero-order valence-electron chi connectivity index (χ0n) is 29.2. The van der Waals surface area contributed by atoms with Crippen LogP contribution in [0.2, 0.25) is 0 Å². The van der Waals surface area contributed by atoms with Gasteiger partial charge in [-0.1, -0.05) is 36.8 Å². The van der Waals surface area contributed by atoms with Gasteiger partial charge in [-0.05, 0) is 106 Å². The molecule has 2 atom stereocenters. The van der Waals surface area contributed by atoms with Gasteiger partial charge in [0, 0.05) is 83.4 Å². The van der Waals surface area contributed by atoms with E-state index in [2.05, 4.69) is 118 Å². The second kappa shape index (κ2) is 16.7. The lowest BCUT2D eigenvalue weighted by Gasteiger charge is -2.37. The number of rotatable bonds is 13. The first-order valence-corrected chi connectivity index (χ1v) is 18.1. The molecule has 3 aliphatic heterocycles. The van der Waals surface area contributed by atoms with Crippen molar-refractivity contribution in [3.8, 4) is 11.5 Å². The van der Waals surface area contributed by atoms with Gasteiger partial charge in [-0.3, -0.25) is 9.80 Å². The number of likely N-dealkylation sites (N-methyl/N-ethyl adjacent to an activating group) is 1. The third-order valence-electron chi connectivity index (χ3n) is 10.7. The number of aryl methyl sites for hydroxylation is 1. The van der Waals surface area contributed by atoms with Crippen LogP contribution in [0.1, 0.15) is 30.9 Å². The summed E-state index contributed by atoms with van der Waals surface area (Å²) >= 11 is 0. The summed E-state index contributed by atoms with van der Waals surface area (Å²) in [6.07, 6.45) is 3.45. The van der Waals surface area contributed by atoms with Crippen molar-refractivity contribution in [1.29, 1.82) is 0 Å². The lowest BCUT2D eigenvalue weighted by Crippen LogP contribution is -2.47. The first-order chi connectivity index (χ1) is 23.0. The molecular formula is C40H57N5O2. The van der Waals surface area contributed by atoms with Crippen molar-refractivity contribution < 1.29 is 9.47 Å². The van der Waals surface area contributed by atoms with Crippen LogP contribution < -0.4 is 19.3 Å². The van der Waals surface area contributed by atoms with Gasteiger partial charge in [0.25, 0.3) is 0 Å². The molecule has 254 valence electrons. The lowest BCUT2D eigenvalue weighted by molar-refractivity contribution is 0.111. The van der Waals surface area contributed by atoms with Crippen molar-refractivity contribution in [2.24, 2.45) is 11.8 Å². The Labute approximate surface area is 284 Å². The summed E-state index contributed by atoms with van der Waals surface area (Å²) < 4.78 is 12.2. The number of anilines is 2. The zero-order chi connectivity index (χ0) is 32.4. The summed E-state index contributed by atoms with van der Waals surface area (Å²) in [5, 5.41) is 0. The van der Waals surface area contributed by atoms with E-state index in [4.69, 9.17) is 9.47 Å². The highest BCUT2D eigenvalue weighted by Crippen LogP contribution is 2.28. The number of hydrogen-bond acceptors (Lipinski definition) is 7. The van der Waals surface area contributed by atoms with E-state index >= 15 is 0 Å². The summed E-state index contributed by atoms with van der Waals surface area (Å²) in [5.74, 6) is 3.38.